The molecule has 1 aromatic carbocycles. The SMILES string of the molecule is COC(=O)C[C@H]1C(=O)NCCN1CC(=O)Nc1ccc(Cl)cc1. The Kier molecular flexibility index (Phi) is 5.95. The molecule has 0 radical (unpaired) electrons. The molecule has 1 heterocycles. The molecule has 8 heteroatoms. The van der Waals surface area contributed by atoms with Crippen LogP contribution in [0.1, 0.15) is 6.42 Å². The molecule has 0 aliphatic carbocycles. The van der Waals surface area contributed by atoms with Crippen LogP contribution in [-0.2, 0) is 19.1 Å². The van der Waals surface area contributed by atoms with E-state index < -0.39 is 12.0 Å². The van der Waals surface area contributed by atoms with Gasteiger partial charge < -0.3 is 15.4 Å². The molecule has 0 aromatic heterocycles. The minimum absolute atomic E-state index is 0.0116. The number of nitrogens with zero attached hydrogens (tertiary/aromatic N) is 1. The summed E-state index contributed by atoms with van der Waals surface area (Å²) >= 11 is 5.79. The Labute approximate surface area is 138 Å². The molecule has 7 nitrogen and oxygen atoms in total. The Morgan fingerprint density at radius 3 is 2.74 bits per heavy atom. The summed E-state index contributed by atoms with van der Waals surface area (Å²) in [5, 5.41) is 6.00. The first kappa shape index (κ1) is 17.2. The second kappa shape index (κ2) is 7.94. The maximum absolute atomic E-state index is 12.1. The fourth-order valence-corrected chi connectivity index (χ4v) is 2.46. The normalized spacial score (nSPS) is 18.2. The smallest absolute Gasteiger partial charge is 0.307 e. The van der Waals surface area contributed by atoms with Gasteiger partial charge in [0, 0.05) is 23.8 Å². The lowest BCUT2D eigenvalue weighted by Gasteiger charge is -2.33. The van der Waals surface area contributed by atoms with E-state index in [4.69, 9.17) is 11.6 Å². The maximum Gasteiger partial charge on any atom is 0.307 e. The third kappa shape index (κ3) is 4.94. The first-order valence-corrected chi connectivity index (χ1v) is 7.51. The second-order valence-corrected chi connectivity index (χ2v) is 5.55. The van der Waals surface area contributed by atoms with E-state index in [2.05, 4.69) is 15.4 Å². The quantitative estimate of drug-likeness (QED) is 0.769. The van der Waals surface area contributed by atoms with Gasteiger partial charge in [0.15, 0.2) is 0 Å². The first-order valence-electron chi connectivity index (χ1n) is 7.13. The molecule has 1 aromatic rings. The van der Waals surface area contributed by atoms with E-state index in [9.17, 15) is 14.4 Å². The summed E-state index contributed by atoms with van der Waals surface area (Å²) in [5.41, 5.74) is 0.616. The van der Waals surface area contributed by atoms with E-state index in [0.717, 1.165) is 0 Å². The van der Waals surface area contributed by atoms with Crippen molar-refractivity contribution in [1.82, 2.24) is 10.2 Å². The predicted octanol–water partition coefficient (Wildman–Crippen LogP) is 0.642. The summed E-state index contributed by atoms with van der Waals surface area (Å²) in [6, 6.07) is 6.02. The number of anilines is 1. The van der Waals surface area contributed by atoms with Crippen molar-refractivity contribution in [3.8, 4) is 0 Å². The van der Waals surface area contributed by atoms with Gasteiger partial charge in [0.2, 0.25) is 11.8 Å². The number of methoxy groups -OCH3 is 1. The van der Waals surface area contributed by atoms with Crippen LogP contribution in [-0.4, -0.2) is 55.5 Å². The van der Waals surface area contributed by atoms with E-state index in [0.29, 0.717) is 23.8 Å². The lowest BCUT2D eigenvalue weighted by atomic mass is 10.1. The molecule has 2 rings (SSSR count). The summed E-state index contributed by atoms with van der Waals surface area (Å²) in [7, 11) is 1.26. The Morgan fingerprint density at radius 1 is 1.39 bits per heavy atom. The number of carbonyl (C=O) groups excluding carboxylic acids is 3. The number of nitrogens with one attached hydrogen (secondary N) is 2. The molecule has 0 unspecified atom stereocenters. The van der Waals surface area contributed by atoms with Gasteiger partial charge in [-0.25, -0.2) is 0 Å². The van der Waals surface area contributed by atoms with Crippen LogP contribution in [0.15, 0.2) is 24.3 Å². The van der Waals surface area contributed by atoms with Crippen LogP contribution in [0.25, 0.3) is 0 Å². The number of rotatable bonds is 5. The van der Waals surface area contributed by atoms with Crippen molar-refractivity contribution in [2.75, 3.05) is 32.1 Å². The highest BCUT2D eigenvalue weighted by Crippen LogP contribution is 2.14. The number of amides is 2. The summed E-state index contributed by atoms with van der Waals surface area (Å²) in [5.74, 6) is -1.03. The average Bonchev–Trinajstić information content (AvgIpc) is 2.52. The molecule has 23 heavy (non-hydrogen) atoms. The molecule has 1 saturated heterocycles. The fourth-order valence-electron chi connectivity index (χ4n) is 2.33. The number of hydrogen-bond acceptors (Lipinski definition) is 5. The number of hydrogen-bond donors (Lipinski definition) is 2. The lowest BCUT2D eigenvalue weighted by Crippen LogP contribution is -2.57. The van der Waals surface area contributed by atoms with Gasteiger partial charge in [-0.15, -0.1) is 0 Å². The Morgan fingerprint density at radius 2 is 2.09 bits per heavy atom. The van der Waals surface area contributed by atoms with Crippen LogP contribution in [0.3, 0.4) is 0 Å². The van der Waals surface area contributed by atoms with Gasteiger partial charge in [0.25, 0.3) is 0 Å². The molecular weight excluding hydrogens is 322 g/mol. The van der Waals surface area contributed by atoms with Crippen molar-refractivity contribution >= 4 is 35.1 Å². The minimum Gasteiger partial charge on any atom is -0.469 e. The molecule has 0 bridgehead atoms. The van der Waals surface area contributed by atoms with Gasteiger partial charge >= 0.3 is 5.97 Å². The topological polar surface area (TPSA) is 87.7 Å². The minimum atomic E-state index is -0.702. The summed E-state index contributed by atoms with van der Waals surface area (Å²) in [6.45, 7) is 0.934. The van der Waals surface area contributed by atoms with E-state index in [-0.39, 0.29) is 24.8 Å². The van der Waals surface area contributed by atoms with E-state index >= 15 is 0 Å². The van der Waals surface area contributed by atoms with Crippen molar-refractivity contribution in [1.29, 1.82) is 0 Å². The number of esters is 1. The van der Waals surface area contributed by atoms with Crippen molar-refractivity contribution in [2.24, 2.45) is 0 Å². The molecule has 2 N–H and O–H groups in total. The van der Waals surface area contributed by atoms with Crippen LogP contribution in [0.2, 0.25) is 5.02 Å². The van der Waals surface area contributed by atoms with Crippen molar-refractivity contribution in [3.05, 3.63) is 29.3 Å². The molecule has 1 fully saturated rings. The Balaban J connectivity index is 1.97. The number of benzene rings is 1. The second-order valence-electron chi connectivity index (χ2n) is 5.11. The zero-order valence-corrected chi connectivity index (χ0v) is 13.4. The Hall–Kier alpha value is -2.12. The van der Waals surface area contributed by atoms with Crippen LogP contribution >= 0.6 is 11.6 Å². The van der Waals surface area contributed by atoms with Crippen molar-refractivity contribution < 1.29 is 19.1 Å². The summed E-state index contributed by atoms with van der Waals surface area (Å²) in [6.07, 6.45) is -0.0867. The largest absolute Gasteiger partial charge is 0.469 e. The molecular formula is C15H18ClN3O4. The molecule has 1 aliphatic rings. The zero-order valence-electron chi connectivity index (χ0n) is 12.7. The Bertz CT molecular complexity index is 591. The molecule has 0 saturated carbocycles. The summed E-state index contributed by atoms with van der Waals surface area (Å²) < 4.78 is 4.60. The van der Waals surface area contributed by atoms with Gasteiger partial charge in [-0.1, -0.05) is 11.6 Å². The molecule has 1 atom stereocenters. The van der Waals surface area contributed by atoms with Gasteiger partial charge in [-0.3, -0.25) is 19.3 Å². The van der Waals surface area contributed by atoms with Crippen molar-refractivity contribution in [3.63, 3.8) is 0 Å². The fraction of sp³-hybridized carbons (Fsp3) is 0.400. The van der Waals surface area contributed by atoms with E-state index in [1.54, 1.807) is 29.2 Å². The highest BCUT2D eigenvalue weighted by molar-refractivity contribution is 6.30. The van der Waals surface area contributed by atoms with Gasteiger partial charge in [0.1, 0.15) is 6.04 Å². The molecule has 1 aliphatic heterocycles. The van der Waals surface area contributed by atoms with E-state index in [1.165, 1.54) is 7.11 Å². The maximum atomic E-state index is 12.1. The monoisotopic (exact) mass is 339 g/mol. The first-order chi connectivity index (χ1) is 11.0. The average molecular weight is 340 g/mol. The van der Waals surface area contributed by atoms with E-state index in [1.807, 2.05) is 0 Å². The van der Waals surface area contributed by atoms with Crippen LogP contribution < -0.4 is 10.6 Å². The highest BCUT2D eigenvalue weighted by Gasteiger charge is 2.32. The standard InChI is InChI=1S/C15H18ClN3O4/c1-23-14(21)8-12-15(22)17-6-7-19(12)9-13(20)18-11-4-2-10(16)3-5-11/h2-5,12H,6-9H2,1H3,(H,17,22)(H,18,20)/t12-/m0/s1. The number of piperazine rings is 1. The van der Waals surface area contributed by atoms with Crippen molar-refractivity contribution in [2.45, 2.75) is 12.5 Å². The van der Waals surface area contributed by atoms with Gasteiger partial charge in [-0.05, 0) is 24.3 Å². The van der Waals surface area contributed by atoms with Crippen LogP contribution in [0.5, 0.6) is 0 Å². The number of halogens is 1. The van der Waals surface area contributed by atoms with Gasteiger partial charge in [0.05, 0.1) is 20.1 Å². The van der Waals surface area contributed by atoms with Crippen LogP contribution in [0, 0.1) is 0 Å². The molecule has 0 spiro atoms. The number of carbonyl (C=O) groups is 3. The summed E-state index contributed by atoms with van der Waals surface area (Å²) in [4.78, 5) is 37.2. The molecule has 2 amide bonds. The van der Waals surface area contributed by atoms with Gasteiger partial charge in [-0.2, -0.15) is 0 Å². The predicted molar refractivity (Wildman–Crippen MR) is 85.1 cm³/mol. The highest BCUT2D eigenvalue weighted by atomic mass is 35.5. The van der Waals surface area contributed by atoms with Crippen LogP contribution in [0.4, 0.5) is 5.69 Å². The number of ether oxygens (including phenoxy) is 1. The lowest BCUT2D eigenvalue weighted by molar-refractivity contribution is -0.146. The third-order valence-corrected chi connectivity index (χ3v) is 3.76. The zero-order chi connectivity index (χ0) is 16.8. The molecule has 124 valence electrons. The third-order valence-electron chi connectivity index (χ3n) is 3.50.